The second kappa shape index (κ2) is 5.26. The highest BCUT2D eigenvalue weighted by Crippen LogP contribution is 2.39. The van der Waals surface area contributed by atoms with E-state index in [4.69, 9.17) is 5.73 Å². The SMILES string of the molecule is Cc1ccc2c(c1)C(=O)[C@]1(O)CCN(c3cccc(C(N)=O)c3)C1=N2. The van der Waals surface area contributed by atoms with Crippen molar-refractivity contribution in [3.8, 4) is 0 Å². The number of rotatable bonds is 2. The number of aryl methyl sites for hydroxylation is 1. The van der Waals surface area contributed by atoms with E-state index < -0.39 is 11.5 Å². The number of amidine groups is 1. The number of aliphatic imine (C=N–C) groups is 1. The summed E-state index contributed by atoms with van der Waals surface area (Å²) in [5.41, 5.74) is 6.69. The molecule has 0 aliphatic carbocycles. The fourth-order valence-corrected chi connectivity index (χ4v) is 3.43. The monoisotopic (exact) mass is 335 g/mol. The quantitative estimate of drug-likeness (QED) is 0.877. The molecule has 1 atom stereocenters. The zero-order chi connectivity index (χ0) is 17.8. The molecular formula is C19H17N3O3. The van der Waals surface area contributed by atoms with Gasteiger partial charge in [-0.15, -0.1) is 0 Å². The molecule has 0 saturated carbocycles. The number of amides is 1. The maximum absolute atomic E-state index is 12.9. The number of carbonyl (C=O) groups is 2. The highest BCUT2D eigenvalue weighted by Gasteiger charge is 2.52. The molecular weight excluding hydrogens is 318 g/mol. The minimum absolute atomic E-state index is 0.249. The number of nitrogens with two attached hydrogens (primary N) is 1. The molecule has 2 aromatic carbocycles. The normalized spacial score (nSPS) is 21.6. The molecule has 2 aromatic rings. The molecule has 126 valence electrons. The van der Waals surface area contributed by atoms with Crippen LogP contribution >= 0.6 is 0 Å². The molecule has 6 heteroatoms. The fraction of sp³-hybridized carbons (Fsp3) is 0.211. The first-order chi connectivity index (χ1) is 11.9. The predicted molar refractivity (Wildman–Crippen MR) is 94.5 cm³/mol. The maximum Gasteiger partial charge on any atom is 0.248 e. The molecule has 1 amide bonds. The van der Waals surface area contributed by atoms with E-state index in [0.717, 1.165) is 5.56 Å². The number of fused-ring (bicyclic) bond motifs is 2. The Labute approximate surface area is 144 Å². The minimum atomic E-state index is -1.64. The largest absolute Gasteiger partial charge is 0.374 e. The van der Waals surface area contributed by atoms with Crippen LogP contribution in [0.2, 0.25) is 0 Å². The van der Waals surface area contributed by atoms with E-state index in [9.17, 15) is 14.7 Å². The summed E-state index contributed by atoms with van der Waals surface area (Å²) in [6.45, 7) is 2.32. The third-order valence-corrected chi connectivity index (χ3v) is 4.76. The Morgan fingerprint density at radius 1 is 1.28 bits per heavy atom. The lowest BCUT2D eigenvalue weighted by Crippen LogP contribution is -2.48. The Bertz CT molecular complexity index is 951. The van der Waals surface area contributed by atoms with Crippen molar-refractivity contribution in [2.24, 2.45) is 10.7 Å². The minimum Gasteiger partial charge on any atom is -0.374 e. The first-order valence-corrected chi connectivity index (χ1v) is 8.04. The Morgan fingerprint density at radius 2 is 2.08 bits per heavy atom. The predicted octanol–water partition coefficient (Wildman–Crippen LogP) is 1.96. The van der Waals surface area contributed by atoms with Gasteiger partial charge in [-0.05, 0) is 37.3 Å². The number of aliphatic hydroxyl groups is 1. The first kappa shape index (κ1) is 15.5. The molecule has 3 N–H and O–H groups in total. The van der Waals surface area contributed by atoms with Crippen LogP contribution in [0.1, 0.15) is 32.7 Å². The third-order valence-electron chi connectivity index (χ3n) is 4.76. The molecule has 0 radical (unpaired) electrons. The first-order valence-electron chi connectivity index (χ1n) is 8.04. The maximum atomic E-state index is 12.9. The van der Waals surface area contributed by atoms with E-state index in [1.165, 1.54) is 0 Å². The number of ketones is 1. The van der Waals surface area contributed by atoms with Crippen molar-refractivity contribution in [1.29, 1.82) is 0 Å². The van der Waals surface area contributed by atoms with E-state index >= 15 is 0 Å². The molecule has 0 spiro atoms. The second-order valence-corrected chi connectivity index (χ2v) is 6.46. The van der Waals surface area contributed by atoms with E-state index in [0.29, 0.717) is 34.9 Å². The summed E-state index contributed by atoms with van der Waals surface area (Å²) < 4.78 is 0. The van der Waals surface area contributed by atoms with Gasteiger partial charge in [0.1, 0.15) is 5.84 Å². The standard InChI is InChI=1S/C19H17N3O3/c1-11-5-6-15-14(9-11)16(23)19(25)7-8-22(18(19)21-15)13-4-2-3-12(10-13)17(20)24/h2-6,9-10,25H,7-8H2,1H3,(H2,20,24)/t19-/m1/s1. The molecule has 4 rings (SSSR count). The third kappa shape index (κ3) is 2.26. The van der Waals surface area contributed by atoms with Gasteiger partial charge in [-0.25, -0.2) is 4.99 Å². The van der Waals surface area contributed by atoms with Gasteiger partial charge >= 0.3 is 0 Å². The fourth-order valence-electron chi connectivity index (χ4n) is 3.43. The Balaban J connectivity index is 1.84. The van der Waals surface area contributed by atoms with Crippen LogP contribution in [0.5, 0.6) is 0 Å². The Morgan fingerprint density at radius 3 is 2.84 bits per heavy atom. The number of nitrogens with zero attached hydrogens (tertiary/aromatic N) is 2. The highest BCUT2D eigenvalue weighted by molar-refractivity contribution is 6.28. The van der Waals surface area contributed by atoms with Crippen molar-refractivity contribution in [3.63, 3.8) is 0 Å². The van der Waals surface area contributed by atoms with Crippen molar-refractivity contribution in [2.75, 3.05) is 11.4 Å². The van der Waals surface area contributed by atoms with Crippen molar-refractivity contribution >= 4 is 28.9 Å². The van der Waals surface area contributed by atoms with Crippen LogP contribution in [0.3, 0.4) is 0 Å². The Hall–Kier alpha value is -2.99. The van der Waals surface area contributed by atoms with Crippen molar-refractivity contribution in [3.05, 3.63) is 59.2 Å². The molecule has 2 heterocycles. The van der Waals surface area contributed by atoms with Crippen LogP contribution in [0.25, 0.3) is 0 Å². The van der Waals surface area contributed by atoms with Gasteiger partial charge in [0.05, 0.1) is 5.69 Å². The van der Waals surface area contributed by atoms with Crippen molar-refractivity contribution < 1.29 is 14.7 Å². The molecule has 0 aromatic heterocycles. The van der Waals surface area contributed by atoms with Crippen molar-refractivity contribution in [1.82, 2.24) is 0 Å². The number of primary amides is 1. The number of anilines is 1. The summed E-state index contributed by atoms with van der Waals surface area (Å²) in [5.74, 6) is -0.556. The molecule has 1 saturated heterocycles. The average Bonchev–Trinajstić information content (AvgIpc) is 2.94. The summed E-state index contributed by atoms with van der Waals surface area (Å²) in [5, 5.41) is 11.0. The Kier molecular flexibility index (Phi) is 3.27. The molecule has 0 unspecified atom stereocenters. The van der Waals surface area contributed by atoms with Gasteiger partial charge in [-0.2, -0.15) is 0 Å². The van der Waals surface area contributed by atoms with Gasteiger partial charge in [0, 0.05) is 29.8 Å². The number of benzene rings is 2. The second-order valence-electron chi connectivity index (χ2n) is 6.46. The summed E-state index contributed by atoms with van der Waals surface area (Å²) in [6.07, 6.45) is 0.249. The van der Waals surface area contributed by atoms with Gasteiger partial charge in [0.2, 0.25) is 11.7 Å². The lowest BCUT2D eigenvalue weighted by atomic mass is 9.87. The summed E-state index contributed by atoms with van der Waals surface area (Å²) >= 11 is 0. The van der Waals surface area contributed by atoms with Gasteiger partial charge in [0.15, 0.2) is 5.60 Å². The molecule has 2 aliphatic heterocycles. The van der Waals surface area contributed by atoms with E-state index in [-0.39, 0.29) is 12.2 Å². The van der Waals surface area contributed by atoms with Gasteiger partial charge in [-0.1, -0.05) is 17.7 Å². The van der Waals surface area contributed by atoms with E-state index in [2.05, 4.69) is 4.99 Å². The summed E-state index contributed by atoms with van der Waals surface area (Å²) in [6, 6.07) is 12.2. The summed E-state index contributed by atoms with van der Waals surface area (Å²) in [7, 11) is 0. The molecule has 2 aliphatic rings. The van der Waals surface area contributed by atoms with E-state index in [1.54, 1.807) is 41.3 Å². The zero-order valence-electron chi connectivity index (χ0n) is 13.7. The lowest BCUT2D eigenvalue weighted by Gasteiger charge is -2.30. The van der Waals surface area contributed by atoms with Gasteiger partial charge in [0.25, 0.3) is 0 Å². The lowest BCUT2D eigenvalue weighted by molar-refractivity contribution is 0.0602. The number of hydrogen-bond donors (Lipinski definition) is 2. The highest BCUT2D eigenvalue weighted by atomic mass is 16.3. The van der Waals surface area contributed by atoms with Crippen LogP contribution in [-0.4, -0.2) is 34.8 Å². The van der Waals surface area contributed by atoms with Crippen LogP contribution in [-0.2, 0) is 0 Å². The van der Waals surface area contributed by atoms with Gasteiger partial charge < -0.3 is 15.7 Å². The summed E-state index contributed by atoms with van der Waals surface area (Å²) in [4.78, 5) is 30.7. The van der Waals surface area contributed by atoms with Crippen molar-refractivity contribution in [2.45, 2.75) is 18.9 Å². The van der Waals surface area contributed by atoms with Crippen LogP contribution < -0.4 is 10.6 Å². The molecule has 25 heavy (non-hydrogen) atoms. The zero-order valence-corrected chi connectivity index (χ0v) is 13.7. The average molecular weight is 335 g/mol. The van der Waals surface area contributed by atoms with Crippen LogP contribution in [0.15, 0.2) is 47.5 Å². The number of carbonyl (C=O) groups excluding carboxylic acids is 2. The van der Waals surface area contributed by atoms with E-state index in [1.807, 2.05) is 13.0 Å². The molecule has 6 nitrogen and oxygen atoms in total. The van der Waals surface area contributed by atoms with Gasteiger partial charge in [-0.3, -0.25) is 9.59 Å². The molecule has 1 fully saturated rings. The van der Waals surface area contributed by atoms with Crippen LogP contribution in [0, 0.1) is 6.92 Å². The number of Topliss-reactive ketones (excluding diaryl/α,β-unsaturated/α-hetero) is 1. The topological polar surface area (TPSA) is 96.0 Å². The molecule has 0 bridgehead atoms. The number of hydrogen-bond acceptors (Lipinski definition) is 5. The smallest absolute Gasteiger partial charge is 0.248 e. The van der Waals surface area contributed by atoms with Crippen LogP contribution in [0.4, 0.5) is 11.4 Å².